The van der Waals surface area contributed by atoms with Gasteiger partial charge in [0.1, 0.15) is 12.2 Å². The zero-order valence-corrected chi connectivity index (χ0v) is 17.5. The van der Waals surface area contributed by atoms with Crippen molar-refractivity contribution in [2.24, 2.45) is 28.6 Å². The molecule has 0 amide bonds. The Labute approximate surface area is 163 Å². The molecule has 3 fully saturated rings. The van der Waals surface area contributed by atoms with Crippen LogP contribution in [-0.2, 0) is 19.1 Å². The van der Waals surface area contributed by atoms with E-state index in [4.69, 9.17) is 9.47 Å². The molecule has 0 unspecified atom stereocenters. The van der Waals surface area contributed by atoms with Gasteiger partial charge in [-0.05, 0) is 68.6 Å². The van der Waals surface area contributed by atoms with Crippen molar-refractivity contribution in [2.45, 2.75) is 91.8 Å². The van der Waals surface area contributed by atoms with E-state index in [0.29, 0.717) is 17.8 Å². The predicted octanol–water partition coefficient (Wildman–Crippen LogP) is 4.81. The van der Waals surface area contributed by atoms with Crippen LogP contribution in [0.1, 0.15) is 79.6 Å². The molecule has 0 aromatic heterocycles. The second kappa shape index (κ2) is 6.35. The molecule has 4 aliphatic rings. The number of hydrogen-bond donors (Lipinski definition) is 0. The normalized spacial score (nSPS) is 45.7. The molecule has 0 aliphatic heterocycles. The predicted molar refractivity (Wildman–Crippen MR) is 103 cm³/mol. The zero-order chi connectivity index (χ0) is 19.6. The number of esters is 2. The molecule has 0 N–H and O–H groups in total. The topological polar surface area (TPSA) is 52.6 Å². The van der Waals surface area contributed by atoms with Gasteiger partial charge in [-0.2, -0.15) is 0 Å². The van der Waals surface area contributed by atoms with E-state index in [1.807, 2.05) is 0 Å². The Morgan fingerprint density at radius 3 is 2.30 bits per heavy atom. The minimum atomic E-state index is -0.162. The van der Waals surface area contributed by atoms with E-state index in [0.717, 1.165) is 38.5 Å². The van der Waals surface area contributed by atoms with Crippen LogP contribution in [0.4, 0.5) is 0 Å². The highest BCUT2D eigenvalue weighted by atomic mass is 16.5. The van der Waals surface area contributed by atoms with E-state index in [1.165, 1.54) is 20.3 Å². The van der Waals surface area contributed by atoms with Crippen LogP contribution in [0.25, 0.3) is 0 Å². The molecule has 0 bridgehead atoms. The van der Waals surface area contributed by atoms with E-state index in [1.54, 1.807) is 11.1 Å². The van der Waals surface area contributed by atoms with Gasteiger partial charge in [0, 0.05) is 25.7 Å². The number of rotatable bonds is 2. The maximum atomic E-state index is 11.6. The van der Waals surface area contributed by atoms with E-state index in [-0.39, 0.29) is 35.0 Å². The first-order valence-corrected chi connectivity index (χ1v) is 10.7. The summed E-state index contributed by atoms with van der Waals surface area (Å²) in [7, 11) is 0. The lowest BCUT2D eigenvalue weighted by Crippen LogP contribution is -2.46. The van der Waals surface area contributed by atoms with E-state index >= 15 is 0 Å². The Hall–Kier alpha value is -1.32. The number of fused-ring (bicyclic) bond motifs is 5. The fourth-order valence-corrected chi connectivity index (χ4v) is 7.54. The van der Waals surface area contributed by atoms with Crippen LogP contribution in [0.5, 0.6) is 0 Å². The Morgan fingerprint density at radius 1 is 0.926 bits per heavy atom. The van der Waals surface area contributed by atoms with Crippen LogP contribution in [0.3, 0.4) is 0 Å². The molecular weight excluding hydrogens is 340 g/mol. The van der Waals surface area contributed by atoms with Gasteiger partial charge in [0.2, 0.25) is 0 Å². The molecule has 4 aliphatic carbocycles. The second-order valence-corrected chi connectivity index (χ2v) is 10.0. The molecule has 0 aromatic carbocycles. The SMILES string of the molecule is CC(=O)O[C@H]1CC[C@@]2(C)C(=C(C)[C@H]3[C@@H]4CC[C@H](OC(C)=O)[C@@]4(C)CC[C@@H]32)C1. The van der Waals surface area contributed by atoms with Crippen LogP contribution in [-0.4, -0.2) is 24.1 Å². The summed E-state index contributed by atoms with van der Waals surface area (Å²) in [5.41, 5.74) is 3.48. The largest absolute Gasteiger partial charge is 0.462 e. The molecule has 0 spiro atoms. The fraction of sp³-hybridized carbons (Fsp3) is 0.826. The highest BCUT2D eigenvalue weighted by Gasteiger charge is 2.62. The van der Waals surface area contributed by atoms with Gasteiger partial charge in [0.05, 0.1) is 0 Å². The van der Waals surface area contributed by atoms with Gasteiger partial charge in [-0.25, -0.2) is 0 Å². The van der Waals surface area contributed by atoms with Crippen molar-refractivity contribution in [1.29, 1.82) is 0 Å². The first-order valence-electron chi connectivity index (χ1n) is 10.7. The zero-order valence-electron chi connectivity index (χ0n) is 17.5. The lowest BCUT2D eigenvalue weighted by atomic mass is 9.54. The minimum absolute atomic E-state index is 0.0458. The molecular formula is C23H34O4. The van der Waals surface area contributed by atoms with Gasteiger partial charge in [0.25, 0.3) is 0 Å². The van der Waals surface area contributed by atoms with Crippen LogP contribution in [0.2, 0.25) is 0 Å². The summed E-state index contributed by atoms with van der Waals surface area (Å²) in [6, 6.07) is 0. The van der Waals surface area contributed by atoms with Gasteiger partial charge >= 0.3 is 11.9 Å². The standard InChI is InChI=1S/C23H34O4/c1-13-19-12-16(26-14(2)24)8-10-22(19,4)18-9-11-23(5)17(21(13)18)6-7-20(23)27-15(3)25/h16-18,20-21H,6-12H2,1-5H3/t16-,17-,18-,20-,21-,22+,23-/m0/s1. The summed E-state index contributed by atoms with van der Waals surface area (Å²) in [5, 5.41) is 0. The van der Waals surface area contributed by atoms with Crippen LogP contribution >= 0.6 is 0 Å². The molecule has 0 saturated heterocycles. The van der Waals surface area contributed by atoms with Crippen LogP contribution in [0, 0.1) is 28.6 Å². The molecule has 0 radical (unpaired) electrons. The monoisotopic (exact) mass is 374 g/mol. The maximum absolute atomic E-state index is 11.6. The van der Waals surface area contributed by atoms with E-state index in [2.05, 4.69) is 20.8 Å². The van der Waals surface area contributed by atoms with Gasteiger partial charge in [-0.15, -0.1) is 0 Å². The number of ether oxygens (including phenoxy) is 2. The molecule has 150 valence electrons. The highest BCUT2D eigenvalue weighted by Crippen LogP contribution is 2.68. The second-order valence-electron chi connectivity index (χ2n) is 10.0. The molecule has 0 aromatic rings. The molecule has 3 saturated carbocycles. The average molecular weight is 375 g/mol. The summed E-state index contributed by atoms with van der Waals surface area (Å²) in [4.78, 5) is 23.1. The third-order valence-corrected chi connectivity index (χ3v) is 8.73. The fourth-order valence-electron chi connectivity index (χ4n) is 7.54. The average Bonchev–Trinajstić information content (AvgIpc) is 3.01. The first kappa shape index (κ1) is 19.0. The van der Waals surface area contributed by atoms with Gasteiger partial charge in [-0.1, -0.05) is 25.0 Å². The highest BCUT2D eigenvalue weighted by molar-refractivity contribution is 5.66. The maximum Gasteiger partial charge on any atom is 0.302 e. The van der Waals surface area contributed by atoms with Crippen LogP contribution < -0.4 is 0 Å². The number of hydrogen-bond acceptors (Lipinski definition) is 4. The minimum Gasteiger partial charge on any atom is -0.462 e. The number of carbonyl (C=O) groups excluding carboxylic acids is 2. The van der Waals surface area contributed by atoms with Crippen molar-refractivity contribution >= 4 is 11.9 Å². The van der Waals surface area contributed by atoms with Crippen molar-refractivity contribution < 1.29 is 19.1 Å². The molecule has 7 atom stereocenters. The number of carbonyl (C=O) groups is 2. The summed E-state index contributed by atoms with van der Waals surface area (Å²) in [5.74, 6) is 1.59. The molecule has 4 nitrogen and oxygen atoms in total. The smallest absolute Gasteiger partial charge is 0.302 e. The van der Waals surface area contributed by atoms with E-state index < -0.39 is 0 Å². The summed E-state index contributed by atoms with van der Waals surface area (Å²) in [6.07, 6.45) is 7.65. The molecule has 4 rings (SSSR count). The summed E-state index contributed by atoms with van der Waals surface area (Å²) >= 11 is 0. The van der Waals surface area contributed by atoms with Crippen molar-refractivity contribution in [1.82, 2.24) is 0 Å². The first-order chi connectivity index (χ1) is 12.7. The quantitative estimate of drug-likeness (QED) is 0.514. The third kappa shape index (κ3) is 2.77. The van der Waals surface area contributed by atoms with E-state index in [9.17, 15) is 9.59 Å². The lowest BCUT2D eigenvalue weighted by molar-refractivity contribution is -0.155. The number of allylic oxidation sites excluding steroid dienone is 1. The third-order valence-electron chi connectivity index (χ3n) is 8.73. The van der Waals surface area contributed by atoms with Gasteiger partial charge in [0.15, 0.2) is 0 Å². The molecule has 4 heteroatoms. The Morgan fingerprint density at radius 2 is 1.63 bits per heavy atom. The Balaban J connectivity index is 1.64. The van der Waals surface area contributed by atoms with Crippen molar-refractivity contribution in [2.75, 3.05) is 0 Å². The molecule has 0 heterocycles. The van der Waals surface area contributed by atoms with Crippen LogP contribution in [0.15, 0.2) is 11.1 Å². The molecule has 27 heavy (non-hydrogen) atoms. The van der Waals surface area contributed by atoms with Crippen molar-refractivity contribution in [3.05, 3.63) is 11.1 Å². The lowest BCUT2D eigenvalue weighted by Gasteiger charge is -2.50. The Bertz CT molecular complexity index is 694. The Kier molecular flexibility index (Phi) is 4.47. The summed E-state index contributed by atoms with van der Waals surface area (Å²) < 4.78 is 11.3. The summed E-state index contributed by atoms with van der Waals surface area (Å²) in [6.45, 7) is 10.2. The van der Waals surface area contributed by atoms with Gasteiger partial charge < -0.3 is 9.47 Å². The van der Waals surface area contributed by atoms with Crippen molar-refractivity contribution in [3.8, 4) is 0 Å². The van der Waals surface area contributed by atoms with Crippen molar-refractivity contribution in [3.63, 3.8) is 0 Å². The van der Waals surface area contributed by atoms with Gasteiger partial charge in [-0.3, -0.25) is 9.59 Å².